The van der Waals surface area contributed by atoms with Crippen molar-refractivity contribution >= 4 is 22.6 Å². The van der Waals surface area contributed by atoms with Crippen LogP contribution in [0.5, 0.6) is 0 Å². The molecule has 0 atom stereocenters. The van der Waals surface area contributed by atoms with Gasteiger partial charge in [0.1, 0.15) is 11.8 Å². The zero-order valence-electron chi connectivity index (χ0n) is 17.0. The number of fused-ring (bicyclic) bond motifs is 1. The summed E-state index contributed by atoms with van der Waals surface area (Å²) in [5.74, 6) is -0.965. The van der Waals surface area contributed by atoms with Crippen LogP contribution in [-0.4, -0.2) is 29.3 Å². The van der Waals surface area contributed by atoms with Gasteiger partial charge in [-0.05, 0) is 67.6 Å². The first kappa shape index (κ1) is 21.3. The van der Waals surface area contributed by atoms with Gasteiger partial charge in [0.05, 0.1) is 11.1 Å². The molecule has 1 aliphatic heterocycles. The van der Waals surface area contributed by atoms with Gasteiger partial charge in [-0.2, -0.15) is 5.26 Å². The predicted molar refractivity (Wildman–Crippen MR) is 117 cm³/mol. The standard InChI is InChI=1S/C19H15N3O2.C5H10O/c1-12-8-13(15-7-6-14(10-20)22-18(15)9-12)11-21-17-5-3-2-4-16(17)19(23)24;1-2-4-6-5-3-1/h2-9,21H,11H2,1H3,(H,23,24);1-5H2. The van der Waals surface area contributed by atoms with Crippen LogP contribution in [0.4, 0.5) is 5.69 Å². The lowest BCUT2D eigenvalue weighted by Crippen LogP contribution is -2.07. The molecule has 1 aliphatic rings. The van der Waals surface area contributed by atoms with Gasteiger partial charge in [-0.1, -0.05) is 18.2 Å². The maximum absolute atomic E-state index is 11.3. The van der Waals surface area contributed by atoms with Crippen molar-refractivity contribution in [1.29, 1.82) is 5.26 Å². The van der Waals surface area contributed by atoms with Gasteiger partial charge in [-0.15, -0.1) is 0 Å². The zero-order chi connectivity index (χ0) is 21.3. The minimum absolute atomic E-state index is 0.236. The van der Waals surface area contributed by atoms with Gasteiger partial charge < -0.3 is 15.2 Å². The van der Waals surface area contributed by atoms with Crippen molar-refractivity contribution in [3.63, 3.8) is 0 Å². The lowest BCUT2D eigenvalue weighted by atomic mass is 10.0. The third kappa shape index (κ3) is 5.56. The molecule has 0 spiro atoms. The molecule has 4 rings (SSSR count). The number of nitriles is 1. The quantitative estimate of drug-likeness (QED) is 0.642. The molecule has 0 saturated carbocycles. The maximum Gasteiger partial charge on any atom is 0.337 e. The number of ether oxygens (including phenoxy) is 1. The van der Waals surface area contributed by atoms with Crippen LogP contribution in [0.15, 0.2) is 48.5 Å². The SMILES string of the molecule is C1CCOCC1.Cc1cc(CNc2ccccc2C(=O)O)c2ccc(C#N)nc2c1. The molecule has 154 valence electrons. The number of anilines is 1. The summed E-state index contributed by atoms with van der Waals surface area (Å²) in [5, 5.41) is 22.4. The van der Waals surface area contributed by atoms with Gasteiger partial charge in [-0.25, -0.2) is 9.78 Å². The number of nitrogens with one attached hydrogen (secondary N) is 1. The number of benzene rings is 2. The molecule has 1 saturated heterocycles. The summed E-state index contributed by atoms with van der Waals surface area (Å²) in [6, 6.07) is 16.4. The third-order valence-corrected chi connectivity index (χ3v) is 4.86. The molecule has 6 nitrogen and oxygen atoms in total. The Kier molecular flexibility index (Phi) is 7.36. The van der Waals surface area contributed by atoms with Gasteiger partial charge in [0.2, 0.25) is 0 Å². The van der Waals surface area contributed by atoms with Crippen molar-refractivity contribution in [2.75, 3.05) is 18.5 Å². The largest absolute Gasteiger partial charge is 0.478 e. The van der Waals surface area contributed by atoms with Crippen LogP contribution in [0.3, 0.4) is 0 Å². The van der Waals surface area contributed by atoms with Crippen LogP contribution in [0.2, 0.25) is 0 Å². The van der Waals surface area contributed by atoms with Crippen molar-refractivity contribution < 1.29 is 14.6 Å². The second-order valence-electron chi connectivity index (χ2n) is 7.18. The van der Waals surface area contributed by atoms with Crippen LogP contribution in [0.1, 0.15) is 46.4 Å². The molecule has 2 aromatic carbocycles. The summed E-state index contributed by atoms with van der Waals surface area (Å²) >= 11 is 0. The second-order valence-corrected chi connectivity index (χ2v) is 7.18. The van der Waals surface area contributed by atoms with Crippen molar-refractivity contribution in [2.45, 2.75) is 32.7 Å². The van der Waals surface area contributed by atoms with E-state index < -0.39 is 5.97 Å². The molecule has 30 heavy (non-hydrogen) atoms. The highest BCUT2D eigenvalue weighted by molar-refractivity contribution is 5.94. The number of rotatable bonds is 4. The first-order chi connectivity index (χ1) is 14.6. The van der Waals surface area contributed by atoms with E-state index in [1.165, 1.54) is 19.3 Å². The molecule has 0 aliphatic carbocycles. The zero-order valence-corrected chi connectivity index (χ0v) is 17.0. The molecule has 0 unspecified atom stereocenters. The summed E-state index contributed by atoms with van der Waals surface area (Å²) in [6.45, 7) is 4.44. The number of hydrogen-bond acceptors (Lipinski definition) is 5. The number of aromatic carboxylic acids is 1. The van der Waals surface area contributed by atoms with E-state index in [9.17, 15) is 9.90 Å². The topological polar surface area (TPSA) is 95.2 Å². The van der Waals surface area contributed by atoms with Crippen molar-refractivity contribution in [3.8, 4) is 6.07 Å². The summed E-state index contributed by atoms with van der Waals surface area (Å²) in [5.41, 5.74) is 3.98. The summed E-state index contributed by atoms with van der Waals surface area (Å²) < 4.78 is 5.07. The van der Waals surface area contributed by atoms with Gasteiger partial charge >= 0.3 is 5.97 Å². The summed E-state index contributed by atoms with van der Waals surface area (Å²) in [6.07, 6.45) is 3.93. The Morgan fingerprint density at radius 1 is 1.17 bits per heavy atom. The van der Waals surface area contributed by atoms with E-state index in [4.69, 9.17) is 10.00 Å². The van der Waals surface area contributed by atoms with Crippen LogP contribution < -0.4 is 5.32 Å². The fourth-order valence-corrected chi connectivity index (χ4v) is 3.38. The van der Waals surface area contributed by atoms with Crippen molar-refractivity contribution in [1.82, 2.24) is 4.98 Å². The van der Waals surface area contributed by atoms with Gasteiger partial charge in [0, 0.05) is 30.8 Å². The molecule has 2 heterocycles. The van der Waals surface area contributed by atoms with E-state index >= 15 is 0 Å². The van der Waals surface area contributed by atoms with E-state index in [0.717, 1.165) is 35.2 Å². The molecular formula is C24H25N3O3. The first-order valence-corrected chi connectivity index (χ1v) is 10.0. The third-order valence-electron chi connectivity index (χ3n) is 4.86. The van der Waals surface area contributed by atoms with E-state index in [1.807, 2.05) is 31.2 Å². The van der Waals surface area contributed by atoms with Crippen LogP contribution in [-0.2, 0) is 11.3 Å². The molecule has 3 aromatic rings. The van der Waals surface area contributed by atoms with Gasteiger partial charge in [-0.3, -0.25) is 0 Å². The Balaban J connectivity index is 0.000000367. The summed E-state index contributed by atoms with van der Waals surface area (Å²) in [4.78, 5) is 15.6. The van der Waals surface area contributed by atoms with Gasteiger partial charge in [0.15, 0.2) is 0 Å². The number of pyridine rings is 1. The highest BCUT2D eigenvalue weighted by atomic mass is 16.5. The van der Waals surface area contributed by atoms with Gasteiger partial charge in [0.25, 0.3) is 0 Å². The highest BCUT2D eigenvalue weighted by Crippen LogP contribution is 2.22. The number of nitrogens with zero attached hydrogens (tertiary/aromatic N) is 2. The number of carboxylic acid groups (broad SMARTS) is 1. The number of aromatic nitrogens is 1. The number of carboxylic acids is 1. The van der Waals surface area contributed by atoms with E-state index in [0.29, 0.717) is 17.9 Å². The van der Waals surface area contributed by atoms with E-state index in [1.54, 1.807) is 30.3 Å². The smallest absolute Gasteiger partial charge is 0.337 e. The molecular weight excluding hydrogens is 378 g/mol. The lowest BCUT2D eigenvalue weighted by Gasteiger charge is -2.12. The van der Waals surface area contributed by atoms with Crippen LogP contribution in [0.25, 0.3) is 10.9 Å². The maximum atomic E-state index is 11.3. The Hall–Kier alpha value is -3.43. The van der Waals surface area contributed by atoms with E-state index in [2.05, 4.69) is 10.3 Å². The number of para-hydroxylation sites is 1. The molecule has 1 aromatic heterocycles. The molecule has 0 amide bonds. The first-order valence-electron chi connectivity index (χ1n) is 10.0. The molecule has 2 N–H and O–H groups in total. The minimum Gasteiger partial charge on any atom is -0.478 e. The number of aryl methyl sites for hydroxylation is 1. The summed E-state index contributed by atoms with van der Waals surface area (Å²) in [7, 11) is 0. The average Bonchev–Trinajstić information content (AvgIpc) is 2.78. The molecule has 1 fully saturated rings. The Morgan fingerprint density at radius 2 is 1.93 bits per heavy atom. The highest BCUT2D eigenvalue weighted by Gasteiger charge is 2.10. The average molecular weight is 403 g/mol. The normalized spacial score (nSPS) is 13.1. The monoisotopic (exact) mass is 403 g/mol. The Labute approximate surface area is 176 Å². The van der Waals surface area contributed by atoms with Crippen LogP contribution in [0, 0.1) is 18.3 Å². The van der Waals surface area contributed by atoms with Crippen molar-refractivity contribution in [2.24, 2.45) is 0 Å². The predicted octanol–water partition coefficient (Wildman–Crippen LogP) is 4.91. The fraction of sp³-hybridized carbons (Fsp3) is 0.292. The second kappa shape index (κ2) is 10.4. The van der Waals surface area contributed by atoms with E-state index in [-0.39, 0.29) is 5.56 Å². The number of carbonyl (C=O) groups is 1. The lowest BCUT2D eigenvalue weighted by molar-refractivity contribution is 0.0698. The molecule has 0 radical (unpaired) electrons. The molecule has 6 heteroatoms. The Bertz CT molecular complexity index is 1060. The Morgan fingerprint density at radius 3 is 2.57 bits per heavy atom. The fourth-order valence-electron chi connectivity index (χ4n) is 3.38. The minimum atomic E-state index is -0.965. The van der Waals surface area contributed by atoms with Crippen LogP contribution >= 0.6 is 0 Å². The molecule has 0 bridgehead atoms. The van der Waals surface area contributed by atoms with Crippen molar-refractivity contribution in [3.05, 3.63) is 70.9 Å². The number of hydrogen-bond donors (Lipinski definition) is 2.